The van der Waals surface area contributed by atoms with Crippen LogP contribution < -0.4 is 5.43 Å². The van der Waals surface area contributed by atoms with Crippen LogP contribution in [0.25, 0.3) is 22.3 Å². The molecule has 20 heavy (non-hydrogen) atoms. The van der Waals surface area contributed by atoms with E-state index in [1.54, 1.807) is 0 Å². The van der Waals surface area contributed by atoms with Crippen molar-refractivity contribution in [3.05, 3.63) is 58.8 Å². The molecule has 0 aliphatic rings. The van der Waals surface area contributed by atoms with Crippen molar-refractivity contribution < 1.29 is 14.6 Å². The van der Waals surface area contributed by atoms with E-state index in [1.165, 1.54) is 12.1 Å². The molecule has 1 heterocycles. The van der Waals surface area contributed by atoms with E-state index in [0.29, 0.717) is 5.76 Å². The molecule has 0 saturated carbocycles. The summed E-state index contributed by atoms with van der Waals surface area (Å²) >= 11 is 0. The summed E-state index contributed by atoms with van der Waals surface area (Å²) in [6.07, 6.45) is 0. The summed E-state index contributed by atoms with van der Waals surface area (Å²) in [4.78, 5) is 12.0. The number of phenols is 2. The van der Waals surface area contributed by atoms with Gasteiger partial charge < -0.3 is 14.6 Å². The van der Waals surface area contributed by atoms with Gasteiger partial charge in [0.25, 0.3) is 0 Å². The summed E-state index contributed by atoms with van der Waals surface area (Å²) in [5.74, 6) is -0.0511. The Morgan fingerprint density at radius 3 is 2.35 bits per heavy atom. The number of phenolic OH excluding ortho intramolecular Hbond substituents is 2. The Morgan fingerprint density at radius 2 is 1.65 bits per heavy atom. The van der Waals surface area contributed by atoms with Gasteiger partial charge in [-0.25, -0.2) is 0 Å². The van der Waals surface area contributed by atoms with Gasteiger partial charge in [0.15, 0.2) is 5.43 Å². The monoisotopic (exact) mass is 336 g/mol. The molecule has 0 fully saturated rings. The molecule has 0 radical (unpaired) electrons. The Balaban J connectivity index is 0.00000147. The molecule has 1 aromatic heterocycles. The number of benzene rings is 2. The molecule has 0 spiro atoms. The molecule has 3 aromatic rings. The van der Waals surface area contributed by atoms with Gasteiger partial charge in [0.05, 0.1) is 0 Å². The Kier molecular flexibility index (Phi) is 3.84. The van der Waals surface area contributed by atoms with Crippen molar-refractivity contribution in [3.63, 3.8) is 0 Å². The molecule has 0 saturated heterocycles. The normalized spacial score (nSPS) is 10.2. The Hall–Kier alpha value is -2.23. The van der Waals surface area contributed by atoms with Crippen molar-refractivity contribution >= 4 is 28.0 Å². The quantitative estimate of drug-likeness (QED) is 0.667. The molecular formula is C15H12O4Se. The second-order valence-corrected chi connectivity index (χ2v) is 4.18. The number of fused-ring (bicyclic) bond motifs is 1. The first-order chi connectivity index (χ1) is 9.15. The van der Waals surface area contributed by atoms with E-state index in [9.17, 15) is 15.0 Å². The first-order valence-electron chi connectivity index (χ1n) is 5.70. The van der Waals surface area contributed by atoms with Crippen LogP contribution >= 0.6 is 0 Å². The number of aromatic hydroxyl groups is 2. The van der Waals surface area contributed by atoms with Crippen LogP contribution in [0.15, 0.2) is 57.7 Å². The van der Waals surface area contributed by atoms with Crippen molar-refractivity contribution in [2.75, 3.05) is 0 Å². The van der Waals surface area contributed by atoms with Crippen molar-refractivity contribution in [1.29, 1.82) is 0 Å². The van der Waals surface area contributed by atoms with Crippen molar-refractivity contribution in [3.8, 4) is 22.8 Å². The van der Waals surface area contributed by atoms with Crippen LogP contribution in [0.1, 0.15) is 0 Å². The maximum atomic E-state index is 12.0. The minimum atomic E-state index is -0.349. The van der Waals surface area contributed by atoms with Crippen LogP contribution in [-0.2, 0) is 0 Å². The molecule has 4 nitrogen and oxygen atoms in total. The van der Waals surface area contributed by atoms with Gasteiger partial charge in [-0.3, -0.25) is 4.79 Å². The molecule has 0 aliphatic heterocycles. The summed E-state index contributed by atoms with van der Waals surface area (Å²) in [6, 6.07) is 12.9. The number of hydrogen-bond donors (Lipinski definition) is 2. The van der Waals surface area contributed by atoms with Crippen LogP contribution in [0.4, 0.5) is 0 Å². The molecule has 0 aliphatic carbocycles. The zero-order valence-electron chi connectivity index (χ0n) is 10.3. The molecule has 5 heteroatoms. The third-order valence-corrected chi connectivity index (χ3v) is 2.85. The van der Waals surface area contributed by atoms with Crippen LogP contribution in [0.5, 0.6) is 11.5 Å². The Bertz CT molecular complexity index is 809. The standard InChI is InChI=1S/C15H10O4.H2Se/c16-10-6-11(17)15-12(18)8-13(19-14(15)7-10)9-4-2-1-3-5-9;/h1-8,16-17H;1H2. The first-order valence-corrected chi connectivity index (χ1v) is 5.70. The van der Waals surface area contributed by atoms with Crippen LogP contribution in [0.3, 0.4) is 0 Å². The molecule has 2 aromatic carbocycles. The first kappa shape index (κ1) is 14.2. The summed E-state index contributed by atoms with van der Waals surface area (Å²) in [6.45, 7) is 0. The molecule has 0 amide bonds. The molecule has 2 N–H and O–H groups in total. The molecule has 0 unspecified atom stereocenters. The third kappa shape index (κ3) is 2.41. The summed E-state index contributed by atoms with van der Waals surface area (Å²) in [7, 11) is 0. The minimum absolute atomic E-state index is 0. The molecule has 102 valence electrons. The molecule has 3 rings (SSSR count). The van der Waals surface area contributed by atoms with Gasteiger partial charge >= 0.3 is 17.1 Å². The third-order valence-electron chi connectivity index (χ3n) is 2.85. The van der Waals surface area contributed by atoms with E-state index in [-0.39, 0.29) is 45.0 Å². The Morgan fingerprint density at radius 1 is 0.950 bits per heavy atom. The van der Waals surface area contributed by atoms with Gasteiger partial charge in [0.1, 0.15) is 28.2 Å². The molecule has 0 atom stereocenters. The van der Waals surface area contributed by atoms with Gasteiger partial charge in [0.2, 0.25) is 0 Å². The van der Waals surface area contributed by atoms with Crippen molar-refractivity contribution in [2.45, 2.75) is 0 Å². The van der Waals surface area contributed by atoms with Crippen LogP contribution in [-0.4, -0.2) is 27.3 Å². The van der Waals surface area contributed by atoms with Crippen molar-refractivity contribution in [1.82, 2.24) is 0 Å². The second-order valence-electron chi connectivity index (χ2n) is 4.18. The van der Waals surface area contributed by atoms with E-state index < -0.39 is 0 Å². The van der Waals surface area contributed by atoms with Crippen molar-refractivity contribution in [2.24, 2.45) is 0 Å². The average Bonchev–Trinajstić information content (AvgIpc) is 2.38. The predicted molar refractivity (Wildman–Crippen MR) is 79.8 cm³/mol. The number of rotatable bonds is 1. The fourth-order valence-corrected chi connectivity index (χ4v) is 2.00. The number of hydrogen-bond acceptors (Lipinski definition) is 4. The van der Waals surface area contributed by atoms with E-state index >= 15 is 0 Å². The van der Waals surface area contributed by atoms with E-state index in [1.807, 2.05) is 30.3 Å². The van der Waals surface area contributed by atoms with Gasteiger partial charge in [-0.15, -0.1) is 0 Å². The van der Waals surface area contributed by atoms with Crippen LogP contribution in [0, 0.1) is 0 Å². The SMILES string of the molecule is O=c1cc(-c2ccccc2)oc2cc(O)cc(O)c12.[SeH2]. The van der Waals surface area contributed by atoms with Gasteiger partial charge in [0, 0.05) is 23.8 Å². The molecule has 0 bridgehead atoms. The fraction of sp³-hybridized carbons (Fsp3) is 0. The zero-order chi connectivity index (χ0) is 13.4. The van der Waals surface area contributed by atoms with E-state index in [4.69, 9.17) is 4.42 Å². The summed E-state index contributed by atoms with van der Waals surface area (Å²) in [5, 5.41) is 19.2. The fourth-order valence-electron chi connectivity index (χ4n) is 2.00. The maximum absolute atomic E-state index is 12.0. The average molecular weight is 335 g/mol. The summed E-state index contributed by atoms with van der Waals surface area (Å²) in [5.41, 5.74) is 0.561. The molecular weight excluding hydrogens is 323 g/mol. The van der Waals surface area contributed by atoms with Gasteiger partial charge in [-0.05, 0) is 0 Å². The zero-order valence-corrected chi connectivity index (χ0v) is 12.4. The van der Waals surface area contributed by atoms with Crippen LogP contribution in [0.2, 0.25) is 0 Å². The van der Waals surface area contributed by atoms with Gasteiger partial charge in [-0.2, -0.15) is 0 Å². The summed E-state index contributed by atoms with van der Waals surface area (Å²) < 4.78 is 5.57. The topological polar surface area (TPSA) is 70.7 Å². The van der Waals surface area contributed by atoms with Gasteiger partial charge in [-0.1, -0.05) is 30.3 Å². The predicted octanol–water partition coefficient (Wildman–Crippen LogP) is 1.96. The van der Waals surface area contributed by atoms with E-state index in [0.717, 1.165) is 11.6 Å². The second kappa shape index (κ2) is 5.41. The van der Waals surface area contributed by atoms with E-state index in [2.05, 4.69) is 0 Å². The Labute approximate surface area is 124 Å².